The average Bonchev–Trinajstić information content (AvgIpc) is 2.97. The predicted molar refractivity (Wildman–Crippen MR) is 131 cm³/mol. The van der Waals surface area contributed by atoms with Gasteiger partial charge >= 0.3 is 5.97 Å². The van der Waals surface area contributed by atoms with Crippen LogP contribution < -0.4 is 0 Å². The smallest absolute Gasteiger partial charge is 0.312 e. The van der Waals surface area contributed by atoms with Crippen molar-refractivity contribution in [1.29, 1.82) is 0 Å². The molecule has 1 heterocycles. The lowest BCUT2D eigenvalue weighted by Gasteiger charge is -2.71. The molecule has 0 aromatic heterocycles. The Labute approximate surface area is 205 Å². The molecule has 1 saturated heterocycles. The molecule has 188 valence electrons. The summed E-state index contributed by atoms with van der Waals surface area (Å²) in [7, 11) is 0. The lowest BCUT2D eigenvalue weighted by atomic mass is 9.33. The number of ether oxygens (including phenoxy) is 1. The van der Waals surface area contributed by atoms with Crippen LogP contribution in [0.2, 0.25) is 0 Å². The maximum absolute atomic E-state index is 14.3. The summed E-state index contributed by atoms with van der Waals surface area (Å²) >= 11 is 0. The molecule has 34 heavy (non-hydrogen) atoms. The first-order valence-electron chi connectivity index (χ1n) is 13.8. The molecule has 6 aliphatic rings. The molecule has 5 aliphatic carbocycles. The normalized spacial score (nSPS) is 57.5. The van der Waals surface area contributed by atoms with Gasteiger partial charge < -0.3 is 9.84 Å². The zero-order valence-corrected chi connectivity index (χ0v) is 22.3. The summed E-state index contributed by atoms with van der Waals surface area (Å²) in [5, 5.41) is 10.9. The third kappa shape index (κ3) is 2.28. The molecular weight excluding hydrogens is 424 g/mol. The summed E-state index contributed by atoms with van der Waals surface area (Å²) in [5.74, 6) is 0.480. The first-order valence-corrected chi connectivity index (χ1v) is 13.8. The Hall–Kier alpha value is -1.16. The van der Waals surface area contributed by atoms with Crippen LogP contribution in [0.25, 0.3) is 0 Å². The zero-order valence-electron chi connectivity index (χ0n) is 22.3. The van der Waals surface area contributed by atoms with Crippen LogP contribution in [-0.4, -0.2) is 28.6 Å². The molecule has 2 bridgehead atoms. The summed E-state index contributed by atoms with van der Waals surface area (Å²) in [6, 6.07) is 0. The molecule has 1 N–H and O–H groups in total. The van der Waals surface area contributed by atoms with Crippen molar-refractivity contribution in [3.05, 3.63) is 11.6 Å². The molecule has 1 spiro atoms. The molecule has 6 rings (SSSR count). The van der Waals surface area contributed by atoms with Gasteiger partial charge in [-0.05, 0) is 97.5 Å². The SMILES string of the molecule is CC1(C)[C@@H](O)CC[C@]2(C)[C@H]3C(=O)C=C4[C@@]56C[C@@](C)(CC[C@]5(C)CC[C@@]4(C)[C@]3(C)CC[C@@H]12)C(=O)O6. The van der Waals surface area contributed by atoms with Crippen molar-refractivity contribution >= 4 is 11.8 Å². The van der Waals surface area contributed by atoms with Gasteiger partial charge in [0.15, 0.2) is 5.78 Å². The molecule has 1 aliphatic heterocycles. The highest BCUT2D eigenvalue weighted by Gasteiger charge is 2.76. The van der Waals surface area contributed by atoms with E-state index in [1.54, 1.807) is 0 Å². The van der Waals surface area contributed by atoms with Crippen LogP contribution in [0.3, 0.4) is 0 Å². The number of carbonyl (C=O) groups is 2. The number of esters is 1. The molecule has 0 amide bonds. The maximum Gasteiger partial charge on any atom is 0.312 e. The van der Waals surface area contributed by atoms with Gasteiger partial charge in [-0.1, -0.05) is 41.5 Å². The highest BCUT2D eigenvalue weighted by molar-refractivity contribution is 5.96. The van der Waals surface area contributed by atoms with E-state index < -0.39 is 11.0 Å². The Kier molecular flexibility index (Phi) is 4.25. The second-order valence-electron chi connectivity index (χ2n) is 15.1. The Morgan fingerprint density at radius 3 is 2.26 bits per heavy atom. The Balaban J connectivity index is 1.53. The van der Waals surface area contributed by atoms with Gasteiger partial charge in [0.25, 0.3) is 0 Å². The maximum atomic E-state index is 14.3. The summed E-state index contributed by atoms with van der Waals surface area (Å²) < 4.78 is 6.48. The summed E-state index contributed by atoms with van der Waals surface area (Å²) in [6.45, 7) is 16.0. The van der Waals surface area contributed by atoms with E-state index in [2.05, 4.69) is 48.5 Å². The van der Waals surface area contributed by atoms with Crippen LogP contribution in [0.15, 0.2) is 11.6 Å². The van der Waals surface area contributed by atoms with E-state index in [-0.39, 0.29) is 50.8 Å². The molecule has 5 fully saturated rings. The predicted octanol–water partition coefficient (Wildman–Crippen LogP) is 6.01. The number of hydrogen-bond acceptors (Lipinski definition) is 4. The molecule has 9 atom stereocenters. The van der Waals surface area contributed by atoms with Gasteiger partial charge in [-0.25, -0.2) is 0 Å². The first-order chi connectivity index (χ1) is 15.6. The van der Waals surface area contributed by atoms with Crippen LogP contribution in [0.1, 0.15) is 106 Å². The number of aliphatic hydroxyl groups is 1. The summed E-state index contributed by atoms with van der Waals surface area (Å²) in [5.41, 5.74) is -0.643. The van der Waals surface area contributed by atoms with E-state index >= 15 is 0 Å². The molecule has 4 heteroatoms. The van der Waals surface area contributed by atoms with E-state index in [0.717, 1.165) is 63.4 Å². The van der Waals surface area contributed by atoms with Crippen molar-refractivity contribution in [2.75, 3.05) is 0 Å². The topological polar surface area (TPSA) is 63.6 Å². The fourth-order valence-electron chi connectivity index (χ4n) is 10.9. The van der Waals surface area contributed by atoms with Crippen molar-refractivity contribution in [2.45, 2.75) is 118 Å². The third-order valence-electron chi connectivity index (χ3n) is 13.4. The molecule has 0 radical (unpaired) electrons. The third-order valence-corrected chi connectivity index (χ3v) is 13.4. The number of aliphatic hydroxyl groups excluding tert-OH is 1. The fourth-order valence-corrected chi connectivity index (χ4v) is 10.9. The number of allylic oxidation sites excluding steroid dienone is 1. The molecule has 0 unspecified atom stereocenters. The number of carbonyl (C=O) groups excluding carboxylic acids is 2. The fraction of sp³-hybridized carbons (Fsp3) is 0.867. The largest absolute Gasteiger partial charge is 0.453 e. The molecule has 0 aromatic rings. The van der Waals surface area contributed by atoms with Crippen molar-refractivity contribution in [3.63, 3.8) is 0 Å². The Bertz CT molecular complexity index is 1030. The van der Waals surface area contributed by atoms with Crippen LogP contribution >= 0.6 is 0 Å². The van der Waals surface area contributed by atoms with Crippen molar-refractivity contribution < 1.29 is 19.4 Å². The molecule has 4 saturated carbocycles. The van der Waals surface area contributed by atoms with E-state index in [9.17, 15) is 14.7 Å². The number of fused-ring (bicyclic) bond motifs is 6. The van der Waals surface area contributed by atoms with Gasteiger partial charge in [0.1, 0.15) is 5.60 Å². The zero-order chi connectivity index (χ0) is 24.7. The van der Waals surface area contributed by atoms with Gasteiger partial charge in [0.2, 0.25) is 0 Å². The van der Waals surface area contributed by atoms with Gasteiger partial charge in [0, 0.05) is 17.8 Å². The lowest BCUT2D eigenvalue weighted by molar-refractivity contribution is -0.212. The lowest BCUT2D eigenvalue weighted by Crippen LogP contribution is -2.69. The van der Waals surface area contributed by atoms with Gasteiger partial charge in [-0.3, -0.25) is 9.59 Å². The standard InChI is InChI=1S/C30H44O4/c1-24(2)19-8-11-29(7)22(27(19,5)10-9-21(24)32)18(31)16-20-28(29,6)15-14-26(4)13-12-25(3)17-30(20,26)34-23(25)33/h16,19,21-22,32H,8-15,17H2,1-7H3/t19-,21-,22+,25+,26+,27-,28+,29+,30-/m0/s1. The number of ketones is 1. The van der Waals surface area contributed by atoms with Crippen molar-refractivity contribution in [2.24, 2.45) is 44.3 Å². The minimum absolute atomic E-state index is 0.0490. The van der Waals surface area contributed by atoms with Gasteiger partial charge in [0.05, 0.1) is 11.5 Å². The van der Waals surface area contributed by atoms with Crippen LogP contribution in [0.4, 0.5) is 0 Å². The highest BCUT2D eigenvalue weighted by Crippen LogP contribution is 2.77. The van der Waals surface area contributed by atoms with E-state index in [0.29, 0.717) is 5.92 Å². The number of hydrogen-bond donors (Lipinski definition) is 1. The van der Waals surface area contributed by atoms with Crippen LogP contribution in [0.5, 0.6) is 0 Å². The van der Waals surface area contributed by atoms with Crippen LogP contribution in [0, 0.1) is 44.3 Å². The highest BCUT2D eigenvalue weighted by atomic mass is 16.6. The average molecular weight is 469 g/mol. The van der Waals surface area contributed by atoms with Crippen LogP contribution in [-0.2, 0) is 14.3 Å². The minimum atomic E-state index is -0.631. The Morgan fingerprint density at radius 2 is 1.56 bits per heavy atom. The Morgan fingerprint density at radius 1 is 0.882 bits per heavy atom. The van der Waals surface area contributed by atoms with Gasteiger partial charge in [-0.15, -0.1) is 0 Å². The summed E-state index contributed by atoms with van der Waals surface area (Å²) in [6.07, 6.45) is 10.1. The van der Waals surface area contributed by atoms with Crippen molar-refractivity contribution in [1.82, 2.24) is 0 Å². The monoisotopic (exact) mass is 468 g/mol. The van der Waals surface area contributed by atoms with Crippen molar-refractivity contribution in [3.8, 4) is 0 Å². The van der Waals surface area contributed by atoms with E-state index in [1.807, 2.05) is 6.08 Å². The molecule has 0 aromatic carbocycles. The number of rotatable bonds is 0. The van der Waals surface area contributed by atoms with Gasteiger partial charge in [-0.2, -0.15) is 0 Å². The molecule has 4 nitrogen and oxygen atoms in total. The second-order valence-corrected chi connectivity index (χ2v) is 15.1. The summed E-state index contributed by atoms with van der Waals surface area (Å²) in [4.78, 5) is 27.5. The quantitative estimate of drug-likeness (QED) is 0.442. The first kappa shape index (κ1) is 23.3. The minimum Gasteiger partial charge on any atom is -0.453 e. The van der Waals surface area contributed by atoms with E-state index in [1.165, 1.54) is 0 Å². The molecular formula is C30H44O4. The van der Waals surface area contributed by atoms with E-state index in [4.69, 9.17) is 4.74 Å². The second kappa shape index (κ2) is 6.21.